The first-order valence-corrected chi connectivity index (χ1v) is 10.4. The third-order valence-electron chi connectivity index (χ3n) is 5.77. The number of hydrogen-bond acceptors (Lipinski definition) is 4. The molecule has 0 spiro atoms. The lowest BCUT2D eigenvalue weighted by Crippen LogP contribution is -2.52. The Morgan fingerprint density at radius 3 is 2.40 bits per heavy atom. The van der Waals surface area contributed by atoms with Crippen LogP contribution in [-0.2, 0) is 22.6 Å². The van der Waals surface area contributed by atoms with Gasteiger partial charge in [0.15, 0.2) is 0 Å². The molecule has 0 saturated carbocycles. The number of fused-ring (bicyclic) bond motifs is 1. The second kappa shape index (κ2) is 9.36. The molecular formula is C23H27FN4O2. The van der Waals surface area contributed by atoms with Crippen LogP contribution in [0.1, 0.15) is 11.1 Å². The topological polar surface area (TPSA) is 55.9 Å². The van der Waals surface area contributed by atoms with Crippen molar-refractivity contribution in [1.29, 1.82) is 0 Å². The van der Waals surface area contributed by atoms with E-state index in [1.807, 2.05) is 15.9 Å². The van der Waals surface area contributed by atoms with Gasteiger partial charge in [-0.15, -0.1) is 0 Å². The predicted molar refractivity (Wildman–Crippen MR) is 113 cm³/mol. The molecule has 158 valence electrons. The van der Waals surface area contributed by atoms with E-state index in [1.54, 1.807) is 12.1 Å². The molecule has 0 atom stereocenters. The van der Waals surface area contributed by atoms with Gasteiger partial charge in [-0.25, -0.2) is 4.39 Å². The fourth-order valence-electron chi connectivity index (χ4n) is 4.11. The van der Waals surface area contributed by atoms with Crippen LogP contribution in [0.2, 0.25) is 0 Å². The Hall–Kier alpha value is -2.77. The quantitative estimate of drug-likeness (QED) is 0.819. The fraction of sp³-hybridized carbons (Fsp3) is 0.391. The first kappa shape index (κ1) is 20.5. The Morgan fingerprint density at radius 1 is 0.867 bits per heavy atom. The monoisotopic (exact) mass is 410 g/mol. The van der Waals surface area contributed by atoms with Crippen LogP contribution in [0, 0.1) is 5.82 Å². The maximum atomic E-state index is 13.2. The summed E-state index contributed by atoms with van der Waals surface area (Å²) >= 11 is 0. The Labute approximate surface area is 176 Å². The van der Waals surface area contributed by atoms with Crippen molar-refractivity contribution in [2.24, 2.45) is 0 Å². The summed E-state index contributed by atoms with van der Waals surface area (Å²) in [7, 11) is 0. The summed E-state index contributed by atoms with van der Waals surface area (Å²) in [6.07, 6.45) is 0.984. The van der Waals surface area contributed by atoms with E-state index in [4.69, 9.17) is 0 Å². The smallest absolute Gasteiger partial charge is 0.238 e. The standard InChI is InChI=1S/C23H27FN4O2/c24-20-6-3-7-21(14-20)25-22(29)16-26-10-12-28(13-11-26)23(30)17-27-9-8-18-4-1-2-5-19(18)15-27/h1-7,14H,8-13,15-17H2,(H,25,29). The van der Waals surface area contributed by atoms with Crippen LogP contribution in [0.15, 0.2) is 48.5 Å². The van der Waals surface area contributed by atoms with Gasteiger partial charge in [-0.2, -0.15) is 0 Å². The summed E-state index contributed by atoms with van der Waals surface area (Å²) in [5.74, 6) is -0.400. The van der Waals surface area contributed by atoms with Crippen LogP contribution in [0.25, 0.3) is 0 Å². The number of amides is 2. The SMILES string of the molecule is O=C(CN1CCN(C(=O)CN2CCc3ccccc3C2)CC1)Nc1cccc(F)c1. The minimum absolute atomic E-state index is 0.151. The van der Waals surface area contributed by atoms with Gasteiger partial charge in [0.25, 0.3) is 0 Å². The molecule has 6 nitrogen and oxygen atoms in total. The van der Waals surface area contributed by atoms with Gasteiger partial charge in [-0.05, 0) is 35.7 Å². The average molecular weight is 410 g/mol. The largest absolute Gasteiger partial charge is 0.339 e. The van der Waals surface area contributed by atoms with E-state index in [9.17, 15) is 14.0 Å². The molecule has 7 heteroatoms. The number of carbonyl (C=O) groups is 2. The van der Waals surface area contributed by atoms with Crippen LogP contribution in [0.5, 0.6) is 0 Å². The molecular weight excluding hydrogens is 383 g/mol. The summed E-state index contributed by atoms with van der Waals surface area (Å²) in [5.41, 5.74) is 3.15. The van der Waals surface area contributed by atoms with Gasteiger partial charge in [0.2, 0.25) is 11.8 Å². The van der Waals surface area contributed by atoms with Gasteiger partial charge < -0.3 is 10.2 Å². The maximum Gasteiger partial charge on any atom is 0.238 e. The lowest BCUT2D eigenvalue weighted by atomic mass is 10.00. The number of nitrogens with zero attached hydrogens (tertiary/aromatic N) is 3. The van der Waals surface area contributed by atoms with Gasteiger partial charge in [0, 0.05) is 45.0 Å². The molecule has 0 unspecified atom stereocenters. The molecule has 0 aromatic heterocycles. The van der Waals surface area contributed by atoms with E-state index in [0.29, 0.717) is 38.4 Å². The Bertz CT molecular complexity index is 912. The van der Waals surface area contributed by atoms with Crippen molar-refractivity contribution in [1.82, 2.24) is 14.7 Å². The number of anilines is 1. The van der Waals surface area contributed by atoms with Gasteiger partial charge in [0.05, 0.1) is 13.1 Å². The van der Waals surface area contributed by atoms with Gasteiger partial charge in [-0.1, -0.05) is 30.3 Å². The number of hydrogen-bond donors (Lipinski definition) is 1. The predicted octanol–water partition coefficient (Wildman–Crippen LogP) is 1.97. The molecule has 2 amide bonds. The molecule has 1 saturated heterocycles. The van der Waals surface area contributed by atoms with Crippen molar-refractivity contribution in [3.8, 4) is 0 Å². The highest BCUT2D eigenvalue weighted by molar-refractivity contribution is 5.92. The Balaban J connectivity index is 1.20. The van der Waals surface area contributed by atoms with E-state index in [2.05, 4.69) is 28.4 Å². The molecule has 2 aromatic rings. The highest BCUT2D eigenvalue weighted by atomic mass is 19.1. The van der Waals surface area contributed by atoms with E-state index < -0.39 is 0 Å². The van der Waals surface area contributed by atoms with Gasteiger partial charge in [-0.3, -0.25) is 19.4 Å². The lowest BCUT2D eigenvalue weighted by Gasteiger charge is -2.36. The van der Waals surface area contributed by atoms with E-state index >= 15 is 0 Å². The summed E-state index contributed by atoms with van der Waals surface area (Å²) < 4.78 is 13.2. The van der Waals surface area contributed by atoms with E-state index in [1.165, 1.54) is 23.3 Å². The van der Waals surface area contributed by atoms with Gasteiger partial charge in [0.1, 0.15) is 5.82 Å². The van der Waals surface area contributed by atoms with Crippen LogP contribution in [0.3, 0.4) is 0 Å². The summed E-state index contributed by atoms with van der Waals surface area (Å²) in [6.45, 7) is 4.96. The molecule has 30 heavy (non-hydrogen) atoms. The van der Waals surface area contributed by atoms with E-state index in [0.717, 1.165) is 19.5 Å². The maximum absolute atomic E-state index is 13.2. The van der Waals surface area contributed by atoms with Crippen LogP contribution >= 0.6 is 0 Å². The molecule has 2 heterocycles. The minimum atomic E-state index is -0.378. The molecule has 2 aliphatic rings. The van der Waals surface area contributed by atoms with Crippen LogP contribution < -0.4 is 5.32 Å². The third-order valence-corrected chi connectivity index (χ3v) is 5.77. The molecule has 2 aliphatic heterocycles. The molecule has 1 N–H and O–H groups in total. The van der Waals surface area contributed by atoms with Crippen LogP contribution in [0.4, 0.5) is 10.1 Å². The second-order valence-corrected chi connectivity index (χ2v) is 7.94. The van der Waals surface area contributed by atoms with Crippen molar-refractivity contribution < 1.29 is 14.0 Å². The number of carbonyl (C=O) groups excluding carboxylic acids is 2. The number of rotatable bonds is 5. The number of nitrogens with one attached hydrogen (secondary N) is 1. The van der Waals surface area contributed by atoms with Crippen molar-refractivity contribution >= 4 is 17.5 Å². The van der Waals surface area contributed by atoms with Crippen LogP contribution in [-0.4, -0.2) is 72.3 Å². The molecule has 1 fully saturated rings. The van der Waals surface area contributed by atoms with Crippen molar-refractivity contribution in [2.45, 2.75) is 13.0 Å². The Morgan fingerprint density at radius 2 is 1.63 bits per heavy atom. The number of piperazine rings is 1. The zero-order chi connectivity index (χ0) is 20.9. The summed E-state index contributed by atoms with van der Waals surface area (Å²) in [4.78, 5) is 31.1. The van der Waals surface area contributed by atoms with Gasteiger partial charge >= 0.3 is 0 Å². The molecule has 0 aliphatic carbocycles. The average Bonchev–Trinajstić information content (AvgIpc) is 2.74. The normalized spacial score (nSPS) is 17.4. The molecule has 2 aromatic carbocycles. The minimum Gasteiger partial charge on any atom is -0.339 e. The first-order chi connectivity index (χ1) is 14.6. The lowest BCUT2D eigenvalue weighted by molar-refractivity contribution is -0.134. The fourth-order valence-corrected chi connectivity index (χ4v) is 4.11. The van der Waals surface area contributed by atoms with Crippen molar-refractivity contribution in [2.75, 3.05) is 51.1 Å². The Kier molecular flexibility index (Phi) is 6.40. The summed E-state index contributed by atoms with van der Waals surface area (Å²) in [5, 5.41) is 2.72. The third kappa shape index (κ3) is 5.23. The van der Waals surface area contributed by atoms with Crippen molar-refractivity contribution in [3.05, 3.63) is 65.5 Å². The van der Waals surface area contributed by atoms with E-state index in [-0.39, 0.29) is 24.2 Å². The zero-order valence-corrected chi connectivity index (χ0v) is 17.0. The summed E-state index contributed by atoms with van der Waals surface area (Å²) in [6, 6.07) is 14.3. The second-order valence-electron chi connectivity index (χ2n) is 7.94. The number of halogens is 1. The first-order valence-electron chi connectivity index (χ1n) is 10.4. The number of benzene rings is 2. The zero-order valence-electron chi connectivity index (χ0n) is 17.0. The molecule has 0 radical (unpaired) electrons. The molecule has 0 bridgehead atoms. The molecule has 4 rings (SSSR count). The van der Waals surface area contributed by atoms with Crippen molar-refractivity contribution in [3.63, 3.8) is 0 Å². The highest BCUT2D eigenvalue weighted by Gasteiger charge is 2.25. The highest BCUT2D eigenvalue weighted by Crippen LogP contribution is 2.18.